The van der Waals surface area contributed by atoms with Crippen molar-refractivity contribution in [1.29, 1.82) is 0 Å². The van der Waals surface area contributed by atoms with Gasteiger partial charge in [-0.3, -0.25) is 9.78 Å². The van der Waals surface area contributed by atoms with E-state index < -0.39 is 0 Å². The van der Waals surface area contributed by atoms with Gasteiger partial charge in [-0.25, -0.2) is 0 Å². The van der Waals surface area contributed by atoms with Gasteiger partial charge in [0.05, 0.1) is 31.7 Å². The number of hydrogen-bond acceptors (Lipinski definition) is 5. The van der Waals surface area contributed by atoms with Crippen LogP contribution in [-0.4, -0.2) is 43.1 Å². The summed E-state index contributed by atoms with van der Waals surface area (Å²) in [6.07, 6.45) is 3.26. The van der Waals surface area contributed by atoms with Gasteiger partial charge in [-0.15, -0.1) is 0 Å². The highest BCUT2D eigenvalue weighted by atomic mass is 16.5. The van der Waals surface area contributed by atoms with Crippen LogP contribution < -0.4 is 14.8 Å². The van der Waals surface area contributed by atoms with Crippen LogP contribution in [0.2, 0.25) is 0 Å². The molecule has 1 heterocycles. The highest BCUT2D eigenvalue weighted by molar-refractivity contribution is 5.94. The Bertz CT molecular complexity index is 700. The molecule has 0 fully saturated rings. The maximum atomic E-state index is 12.4. The first kappa shape index (κ1) is 17.6. The van der Waals surface area contributed by atoms with Gasteiger partial charge in [0.15, 0.2) is 11.5 Å². The number of aromatic nitrogens is 1. The van der Waals surface area contributed by atoms with Gasteiger partial charge in [-0.1, -0.05) is 0 Å². The van der Waals surface area contributed by atoms with Gasteiger partial charge in [0.2, 0.25) is 0 Å². The first-order valence-corrected chi connectivity index (χ1v) is 7.86. The predicted molar refractivity (Wildman–Crippen MR) is 94.3 cm³/mol. The average molecular weight is 329 g/mol. The Morgan fingerprint density at radius 3 is 2.38 bits per heavy atom. The lowest BCUT2D eigenvalue weighted by Crippen LogP contribution is -2.30. The molecule has 0 radical (unpaired) electrons. The number of carbonyl (C=O) groups excluding carboxylic acids is 1. The molecule has 1 amide bonds. The van der Waals surface area contributed by atoms with Crippen LogP contribution in [0.1, 0.15) is 24.2 Å². The molecule has 0 unspecified atom stereocenters. The fourth-order valence-electron chi connectivity index (χ4n) is 2.40. The lowest BCUT2D eigenvalue weighted by atomic mass is 10.2. The molecule has 0 aliphatic carbocycles. The predicted octanol–water partition coefficient (Wildman–Crippen LogP) is 3.32. The van der Waals surface area contributed by atoms with Crippen molar-refractivity contribution in [2.75, 3.05) is 32.6 Å². The maximum Gasteiger partial charge on any atom is 0.255 e. The fourth-order valence-corrected chi connectivity index (χ4v) is 2.40. The number of hydrogen-bond donors (Lipinski definition) is 1. The average Bonchev–Trinajstić information content (AvgIpc) is 2.62. The van der Waals surface area contributed by atoms with Crippen LogP contribution in [0.15, 0.2) is 36.7 Å². The molecule has 0 bridgehead atoms. The smallest absolute Gasteiger partial charge is 0.255 e. The number of nitrogens with one attached hydrogen (secondary N) is 1. The van der Waals surface area contributed by atoms with Crippen LogP contribution in [0.25, 0.3) is 0 Å². The number of nitrogens with zero attached hydrogens (tertiary/aromatic N) is 2. The van der Waals surface area contributed by atoms with E-state index in [2.05, 4.69) is 10.3 Å². The van der Waals surface area contributed by atoms with Crippen LogP contribution >= 0.6 is 0 Å². The molecular weight excluding hydrogens is 306 g/mol. The van der Waals surface area contributed by atoms with E-state index in [1.165, 1.54) is 0 Å². The SMILES string of the molecule is CCN(CC)C(=O)c1cncc(Nc2ccc(OC)c(OC)c2)c1. The molecule has 0 atom stereocenters. The number of methoxy groups -OCH3 is 2. The van der Waals surface area contributed by atoms with Crippen LogP contribution in [0.3, 0.4) is 0 Å². The summed E-state index contributed by atoms with van der Waals surface area (Å²) in [6, 6.07) is 7.32. The molecule has 128 valence electrons. The zero-order valence-corrected chi connectivity index (χ0v) is 14.5. The minimum atomic E-state index is -0.0246. The Kier molecular flexibility index (Phi) is 6.01. The molecular formula is C18H23N3O3. The second-order valence-electron chi connectivity index (χ2n) is 5.13. The zero-order chi connectivity index (χ0) is 17.5. The summed E-state index contributed by atoms with van der Waals surface area (Å²) in [6.45, 7) is 5.26. The lowest BCUT2D eigenvalue weighted by molar-refractivity contribution is 0.0772. The summed E-state index contributed by atoms with van der Waals surface area (Å²) in [5.41, 5.74) is 2.12. The van der Waals surface area contributed by atoms with Crippen molar-refractivity contribution in [3.05, 3.63) is 42.2 Å². The summed E-state index contributed by atoms with van der Waals surface area (Å²) in [4.78, 5) is 18.3. The van der Waals surface area contributed by atoms with E-state index in [1.54, 1.807) is 37.6 Å². The minimum absolute atomic E-state index is 0.0246. The molecule has 0 aliphatic heterocycles. The second kappa shape index (κ2) is 8.19. The fraction of sp³-hybridized carbons (Fsp3) is 0.333. The van der Waals surface area contributed by atoms with Gasteiger partial charge < -0.3 is 19.7 Å². The van der Waals surface area contributed by atoms with E-state index in [9.17, 15) is 4.79 Å². The monoisotopic (exact) mass is 329 g/mol. The molecule has 0 saturated heterocycles. The summed E-state index contributed by atoms with van der Waals surface area (Å²) in [5, 5.41) is 3.23. The topological polar surface area (TPSA) is 63.7 Å². The van der Waals surface area contributed by atoms with Crippen LogP contribution in [0, 0.1) is 0 Å². The van der Waals surface area contributed by atoms with Gasteiger partial charge in [0.25, 0.3) is 5.91 Å². The number of pyridine rings is 1. The summed E-state index contributed by atoms with van der Waals surface area (Å²) in [5.74, 6) is 1.26. The van der Waals surface area contributed by atoms with Gasteiger partial charge in [-0.2, -0.15) is 0 Å². The number of benzene rings is 1. The Balaban J connectivity index is 2.22. The van der Waals surface area contributed by atoms with Crippen molar-refractivity contribution in [3.8, 4) is 11.5 Å². The van der Waals surface area contributed by atoms with E-state index in [-0.39, 0.29) is 5.91 Å². The van der Waals surface area contributed by atoms with Crippen LogP contribution in [0.5, 0.6) is 11.5 Å². The van der Waals surface area contributed by atoms with Crippen molar-refractivity contribution in [1.82, 2.24) is 9.88 Å². The third kappa shape index (κ3) is 3.95. The van der Waals surface area contributed by atoms with Crippen LogP contribution in [0.4, 0.5) is 11.4 Å². The van der Waals surface area contributed by atoms with Gasteiger partial charge in [-0.05, 0) is 32.0 Å². The van der Waals surface area contributed by atoms with Crippen molar-refractivity contribution < 1.29 is 14.3 Å². The molecule has 2 rings (SSSR count). The number of amides is 1. The van der Waals surface area contributed by atoms with E-state index >= 15 is 0 Å². The number of ether oxygens (including phenoxy) is 2. The van der Waals surface area contributed by atoms with E-state index in [4.69, 9.17) is 9.47 Å². The van der Waals surface area contributed by atoms with Crippen molar-refractivity contribution in [2.45, 2.75) is 13.8 Å². The molecule has 0 spiro atoms. The van der Waals surface area contributed by atoms with Crippen molar-refractivity contribution in [2.24, 2.45) is 0 Å². The standard InChI is InChI=1S/C18H23N3O3/c1-5-21(6-2)18(22)13-9-15(12-19-11-13)20-14-7-8-16(23-3)17(10-14)24-4/h7-12,20H,5-6H2,1-4H3. The van der Waals surface area contributed by atoms with Gasteiger partial charge in [0, 0.05) is 31.0 Å². The Morgan fingerprint density at radius 1 is 1.04 bits per heavy atom. The number of anilines is 2. The van der Waals surface area contributed by atoms with Gasteiger partial charge >= 0.3 is 0 Å². The normalized spacial score (nSPS) is 10.2. The molecule has 0 saturated carbocycles. The Hall–Kier alpha value is -2.76. The largest absolute Gasteiger partial charge is 0.493 e. The quantitative estimate of drug-likeness (QED) is 0.844. The highest BCUT2D eigenvalue weighted by Gasteiger charge is 2.13. The lowest BCUT2D eigenvalue weighted by Gasteiger charge is -2.18. The Labute approximate surface area is 142 Å². The molecule has 0 aliphatic rings. The highest BCUT2D eigenvalue weighted by Crippen LogP contribution is 2.31. The summed E-state index contributed by atoms with van der Waals surface area (Å²) < 4.78 is 10.5. The van der Waals surface area contributed by atoms with E-state index in [1.807, 2.05) is 32.0 Å². The molecule has 1 aromatic heterocycles. The van der Waals surface area contributed by atoms with Crippen LogP contribution in [-0.2, 0) is 0 Å². The van der Waals surface area contributed by atoms with E-state index in [0.717, 1.165) is 11.4 Å². The molecule has 6 nitrogen and oxygen atoms in total. The first-order chi connectivity index (χ1) is 11.6. The van der Waals surface area contributed by atoms with E-state index in [0.29, 0.717) is 30.2 Å². The molecule has 24 heavy (non-hydrogen) atoms. The first-order valence-electron chi connectivity index (χ1n) is 7.86. The molecule has 2 aromatic rings. The molecule has 6 heteroatoms. The summed E-state index contributed by atoms with van der Waals surface area (Å²) >= 11 is 0. The third-order valence-electron chi connectivity index (χ3n) is 3.71. The Morgan fingerprint density at radius 2 is 1.75 bits per heavy atom. The summed E-state index contributed by atoms with van der Waals surface area (Å²) in [7, 11) is 3.18. The van der Waals surface area contributed by atoms with Crippen molar-refractivity contribution >= 4 is 17.3 Å². The van der Waals surface area contributed by atoms with Crippen molar-refractivity contribution in [3.63, 3.8) is 0 Å². The maximum absolute atomic E-state index is 12.4. The number of carbonyl (C=O) groups is 1. The molecule has 1 N–H and O–H groups in total. The second-order valence-corrected chi connectivity index (χ2v) is 5.13. The van der Waals surface area contributed by atoms with Gasteiger partial charge in [0.1, 0.15) is 0 Å². The third-order valence-corrected chi connectivity index (χ3v) is 3.71. The zero-order valence-electron chi connectivity index (χ0n) is 14.5. The minimum Gasteiger partial charge on any atom is -0.493 e. The molecule has 1 aromatic carbocycles. The number of rotatable bonds is 7.